The zero-order valence-corrected chi connectivity index (χ0v) is 14.0. The first-order chi connectivity index (χ1) is 9.88. The van der Waals surface area contributed by atoms with Gasteiger partial charge in [0.25, 0.3) is 5.91 Å². The highest BCUT2D eigenvalue weighted by Crippen LogP contribution is 2.30. The lowest BCUT2D eigenvalue weighted by atomic mass is 10.1. The van der Waals surface area contributed by atoms with E-state index in [1.807, 2.05) is 13.8 Å². The SMILES string of the molecule is CCN(CC)c1nc(N)c(C(=O)N2CCOC(C)(C)C2)s1. The van der Waals surface area contributed by atoms with Crippen LogP contribution in [0.3, 0.4) is 0 Å². The number of ether oxygens (including phenoxy) is 1. The smallest absolute Gasteiger partial charge is 0.268 e. The second kappa shape index (κ2) is 6.19. The number of morpholine rings is 1. The maximum Gasteiger partial charge on any atom is 0.268 e. The van der Waals surface area contributed by atoms with Crippen molar-refractivity contribution >= 4 is 28.2 Å². The van der Waals surface area contributed by atoms with Gasteiger partial charge in [-0.1, -0.05) is 11.3 Å². The first-order valence-corrected chi connectivity index (χ1v) is 8.14. The van der Waals surface area contributed by atoms with E-state index in [9.17, 15) is 4.79 Å². The number of nitrogen functional groups attached to an aromatic ring is 1. The van der Waals surface area contributed by atoms with E-state index in [2.05, 4.69) is 23.7 Å². The Morgan fingerprint density at radius 2 is 2.14 bits per heavy atom. The quantitative estimate of drug-likeness (QED) is 0.918. The van der Waals surface area contributed by atoms with E-state index in [1.165, 1.54) is 11.3 Å². The van der Waals surface area contributed by atoms with Crippen LogP contribution in [-0.2, 0) is 4.74 Å². The van der Waals surface area contributed by atoms with E-state index in [0.29, 0.717) is 30.4 Å². The van der Waals surface area contributed by atoms with E-state index < -0.39 is 0 Å². The molecular weight excluding hydrogens is 288 g/mol. The Bertz CT molecular complexity index is 511. The first-order valence-electron chi connectivity index (χ1n) is 7.32. The minimum absolute atomic E-state index is 0.0419. The van der Waals surface area contributed by atoms with Crippen molar-refractivity contribution in [3.63, 3.8) is 0 Å². The average molecular weight is 312 g/mol. The highest BCUT2D eigenvalue weighted by molar-refractivity contribution is 7.18. The Labute approximate surface area is 129 Å². The molecule has 2 N–H and O–H groups in total. The number of nitrogens with two attached hydrogens (primary N) is 1. The van der Waals surface area contributed by atoms with Gasteiger partial charge in [-0.15, -0.1) is 0 Å². The third-order valence-electron chi connectivity index (χ3n) is 3.58. The van der Waals surface area contributed by atoms with E-state index in [-0.39, 0.29) is 11.5 Å². The molecule has 1 aliphatic heterocycles. The van der Waals surface area contributed by atoms with E-state index in [4.69, 9.17) is 10.5 Å². The number of rotatable bonds is 4. The van der Waals surface area contributed by atoms with Gasteiger partial charge in [0.05, 0.1) is 12.2 Å². The largest absolute Gasteiger partial charge is 0.382 e. The molecular formula is C14H24N4O2S. The van der Waals surface area contributed by atoms with Gasteiger partial charge in [-0.3, -0.25) is 4.79 Å². The minimum Gasteiger partial charge on any atom is -0.382 e. The standard InChI is InChI=1S/C14H24N4O2S/c1-5-17(6-2)13-16-11(15)10(21-13)12(19)18-7-8-20-14(3,4)9-18/h5-9,15H2,1-4H3. The summed E-state index contributed by atoms with van der Waals surface area (Å²) in [7, 11) is 0. The molecule has 1 amide bonds. The van der Waals surface area contributed by atoms with Gasteiger partial charge in [-0.25, -0.2) is 4.98 Å². The molecule has 0 aliphatic carbocycles. The van der Waals surface area contributed by atoms with Crippen LogP contribution < -0.4 is 10.6 Å². The van der Waals surface area contributed by atoms with Crippen molar-refractivity contribution in [2.45, 2.75) is 33.3 Å². The summed E-state index contributed by atoms with van der Waals surface area (Å²) in [4.78, 5) is 21.5. The molecule has 1 aromatic rings. The van der Waals surface area contributed by atoms with Crippen LogP contribution in [0.1, 0.15) is 37.4 Å². The van der Waals surface area contributed by atoms with E-state index in [0.717, 1.165) is 18.2 Å². The Hall–Kier alpha value is -1.34. The molecule has 0 atom stereocenters. The van der Waals surface area contributed by atoms with Gasteiger partial charge in [-0.2, -0.15) is 0 Å². The van der Waals surface area contributed by atoms with E-state index >= 15 is 0 Å². The number of carbonyl (C=O) groups is 1. The molecule has 2 rings (SSSR count). The van der Waals surface area contributed by atoms with Gasteiger partial charge < -0.3 is 20.3 Å². The maximum absolute atomic E-state index is 12.7. The van der Waals surface area contributed by atoms with Gasteiger partial charge in [0.15, 0.2) is 5.13 Å². The van der Waals surface area contributed by atoms with Crippen molar-refractivity contribution < 1.29 is 9.53 Å². The number of nitrogens with zero attached hydrogens (tertiary/aromatic N) is 3. The summed E-state index contributed by atoms with van der Waals surface area (Å²) in [6.45, 7) is 11.5. The van der Waals surface area contributed by atoms with Gasteiger partial charge in [-0.05, 0) is 27.7 Å². The van der Waals surface area contributed by atoms with Crippen molar-refractivity contribution in [3.8, 4) is 0 Å². The van der Waals surface area contributed by atoms with Crippen LogP contribution in [0.2, 0.25) is 0 Å². The minimum atomic E-state index is -0.310. The monoisotopic (exact) mass is 312 g/mol. The van der Waals surface area contributed by atoms with Crippen molar-refractivity contribution in [1.82, 2.24) is 9.88 Å². The first kappa shape index (κ1) is 16.0. The van der Waals surface area contributed by atoms with Gasteiger partial charge >= 0.3 is 0 Å². The fourth-order valence-electron chi connectivity index (χ4n) is 2.44. The summed E-state index contributed by atoms with van der Waals surface area (Å²) in [6, 6.07) is 0. The third-order valence-corrected chi connectivity index (χ3v) is 4.70. The summed E-state index contributed by atoms with van der Waals surface area (Å²) in [5, 5.41) is 0.813. The predicted octanol–water partition coefficient (Wildman–Crippen LogP) is 1.82. The average Bonchev–Trinajstić information content (AvgIpc) is 2.80. The summed E-state index contributed by atoms with van der Waals surface area (Å²) in [5.41, 5.74) is 5.65. The van der Waals surface area contributed by atoms with Crippen LogP contribution in [0, 0.1) is 0 Å². The number of hydrogen-bond acceptors (Lipinski definition) is 6. The Balaban J connectivity index is 2.19. The van der Waals surface area contributed by atoms with Crippen LogP contribution in [0.5, 0.6) is 0 Å². The number of thiazole rings is 1. The summed E-state index contributed by atoms with van der Waals surface area (Å²) >= 11 is 1.38. The molecule has 0 bridgehead atoms. The lowest BCUT2D eigenvalue weighted by molar-refractivity contribution is -0.0762. The third kappa shape index (κ3) is 3.47. The fourth-order valence-corrected chi connectivity index (χ4v) is 3.52. The molecule has 0 radical (unpaired) electrons. The summed E-state index contributed by atoms with van der Waals surface area (Å²) in [5.74, 6) is 0.288. The highest BCUT2D eigenvalue weighted by Gasteiger charge is 2.32. The molecule has 0 spiro atoms. The molecule has 0 saturated carbocycles. The summed E-state index contributed by atoms with van der Waals surface area (Å²) < 4.78 is 5.64. The lowest BCUT2D eigenvalue weighted by Crippen LogP contribution is -2.50. The molecule has 1 saturated heterocycles. The van der Waals surface area contributed by atoms with Crippen molar-refractivity contribution in [2.75, 3.05) is 43.4 Å². The molecule has 0 aromatic carbocycles. The zero-order chi connectivity index (χ0) is 15.6. The second-order valence-electron chi connectivity index (χ2n) is 5.72. The molecule has 21 heavy (non-hydrogen) atoms. The molecule has 1 fully saturated rings. The number of anilines is 2. The van der Waals surface area contributed by atoms with Gasteiger partial charge in [0.2, 0.25) is 0 Å². The van der Waals surface area contributed by atoms with Crippen LogP contribution in [-0.4, -0.2) is 54.2 Å². The lowest BCUT2D eigenvalue weighted by Gasteiger charge is -2.37. The van der Waals surface area contributed by atoms with Crippen LogP contribution in [0.25, 0.3) is 0 Å². The van der Waals surface area contributed by atoms with Crippen molar-refractivity contribution in [2.24, 2.45) is 0 Å². The molecule has 6 nitrogen and oxygen atoms in total. The fraction of sp³-hybridized carbons (Fsp3) is 0.714. The van der Waals surface area contributed by atoms with E-state index in [1.54, 1.807) is 4.90 Å². The second-order valence-corrected chi connectivity index (χ2v) is 6.70. The maximum atomic E-state index is 12.7. The zero-order valence-electron chi connectivity index (χ0n) is 13.2. The topological polar surface area (TPSA) is 71.7 Å². The van der Waals surface area contributed by atoms with Crippen molar-refractivity contribution in [1.29, 1.82) is 0 Å². The molecule has 118 valence electrons. The van der Waals surface area contributed by atoms with Crippen LogP contribution in [0.4, 0.5) is 10.9 Å². The molecule has 1 aliphatic rings. The van der Waals surface area contributed by atoms with Gasteiger partial charge in [0.1, 0.15) is 10.7 Å². The highest BCUT2D eigenvalue weighted by atomic mass is 32.1. The van der Waals surface area contributed by atoms with Crippen LogP contribution in [0.15, 0.2) is 0 Å². The predicted molar refractivity (Wildman–Crippen MR) is 86.0 cm³/mol. The normalized spacial score (nSPS) is 17.8. The van der Waals surface area contributed by atoms with Gasteiger partial charge in [0, 0.05) is 26.2 Å². The number of carbonyl (C=O) groups excluding carboxylic acids is 1. The number of aromatic nitrogens is 1. The molecule has 2 heterocycles. The Kier molecular flexibility index (Phi) is 4.73. The van der Waals surface area contributed by atoms with Crippen molar-refractivity contribution in [3.05, 3.63) is 4.88 Å². The summed E-state index contributed by atoms with van der Waals surface area (Å²) in [6.07, 6.45) is 0. The Morgan fingerprint density at radius 3 is 2.71 bits per heavy atom. The number of amides is 1. The number of hydrogen-bond donors (Lipinski definition) is 1. The van der Waals surface area contributed by atoms with Crippen LogP contribution >= 0.6 is 11.3 Å². The Morgan fingerprint density at radius 1 is 1.48 bits per heavy atom. The molecule has 7 heteroatoms. The molecule has 0 unspecified atom stereocenters. The molecule has 1 aromatic heterocycles.